The van der Waals surface area contributed by atoms with Crippen molar-refractivity contribution in [3.63, 3.8) is 0 Å². The van der Waals surface area contributed by atoms with E-state index >= 15 is 0 Å². The smallest absolute Gasteiger partial charge is 0.433 e. The van der Waals surface area contributed by atoms with Crippen molar-refractivity contribution < 1.29 is 22.3 Å². The van der Waals surface area contributed by atoms with Gasteiger partial charge in [-0.15, -0.1) is 6.42 Å². The summed E-state index contributed by atoms with van der Waals surface area (Å²) in [5.74, 6) is 3.03. The Morgan fingerprint density at radius 3 is 2.60 bits per heavy atom. The van der Waals surface area contributed by atoms with E-state index in [0.29, 0.717) is 5.76 Å². The minimum Gasteiger partial charge on any atom is -0.494 e. The second-order valence-electron chi connectivity index (χ2n) is 7.36. The maximum Gasteiger partial charge on any atom is 0.433 e. The molecule has 0 spiro atoms. The number of aromatic nitrogens is 4. The maximum atomic E-state index is 14.0. The lowest BCUT2D eigenvalue weighted by Crippen LogP contribution is -2.20. The summed E-state index contributed by atoms with van der Waals surface area (Å²) in [6.07, 6.45) is 3.71. The first-order chi connectivity index (χ1) is 16.7. The molecule has 0 bridgehead atoms. The zero-order chi connectivity index (χ0) is 25.3. The molecule has 0 radical (unpaired) electrons. The fraction of sp³-hybridized carbons (Fsp3) is 0.208. The summed E-state index contributed by atoms with van der Waals surface area (Å²) in [5.41, 5.74) is -1.50. The molecule has 35 heavy (non-hydrogen) atoms. The Kier molecular flexibility index (Phi) is 6.49. The summed E-state index contributed by atoms with van der Waals surface area (Å²) in [6.45, 7) is 1.61. The number of hydrogen-bond acceptors (Lipinski definition) is 6. The van der Waals surface area contributed by atoms with Crippen LogP contribution in [0.1, 0.15) is 22.8 Å². The van der Waals surface area contributed by atoms with Gasteiger partial charge in [0.1, 0.15) is 22.7 Å². The van der Waals surface area contributed by atoms with Gasteiger partial charge in [0.25, 0.3) is 5.56 Å². The molecule has 3 aromatic heterocycles. The van der Waals surface area contributed by atoms with Gasteiger partial charge in [0.2, 0.25) is 5.89 Å². The Balaban J connectivity index is 2.06. The highest BCUT2D eigenvalue weighted by atomic mass is 32.2. The topological polar surface area (TPSA) is 85.4 Å². The lowest BCUT2D eigenvalue weighted by Gasteiger charge is -2.08. The first kappa shape index (κ1) is 24.2. The van der Waals surface area contributed by atoms with E-state index < -0.39 is 17.4 Å². The van der Waals surface area contributed by atoms with Crippen LogP contribution in [0, 0.1) is 19.3 Å². The van der Waals surface area contributed by atoms with E-state index in [1.807, 2.05) is 0 Å². The van der Waals surface area contributed by atoms with Gasteiger partial charge in [-0.2, -0.15) is 29.4 Å². The number of oxazole rings is 1. The maximum absolute atomic E-state index is 14.0. The van der Waals surface area contributed by atoms with Crippen LogP contribution in [0.2, 0.25) is 0 Å². The van der Waals surface area contributed by atoms with Crippen molar-refractivity contribution in [2.24, 2.45) is 0 Å². The van der Waals surface area contributed by atoms with Crippen LogP contribution in [-0.2, 0) is 16.7 Å². The van der Waals surface area contributed by atoms with Crippen molar-refractivity contribution in [3.8, 4) is 34.9 Å². The summed E-state index contributed by atoms with van der Waals surface area (Å²) in [5, 5.41) is 2.20. The highest BCUT2D eigenvalue weighted by Gasteiger charge is 2.38. The van der Waals surface area contributed by atoms with E-state index in [0.717, 1.165) is 4.52 Å². The van der Waals surface area contributed by atoms with Crippen molar-refractivity contribution in [1.29, 1.82) is 0 Å². The molecule has 0 atom stereocenters. The molecule has 7 nitrogen and oxygen atoms in total. The predicted octanol–water partition coefficient (Wildman–Crippen LogP) is 5.16. The number of ether oxygens (including phenoxy) is 1. The molecule has 0 unspecified atom stereocenters. The van der Waals surface area contributed by atoms with Crippen LogP contribution in [0.3, 0.4) is 0 Å². The zero-order valence-electron chi connectivity index (χ0n) is 18.9. The Morgan fingerprint density at radius 2 is 2.00 bits per heavy atom. The summed E-state index contributed by atoms with van der Waals surface area (Å²) < 4.78 is 53.7. The van der Waals surface area contributed by atoms with E-state index in [2.05, 4.69) is 21.0 Å². The van der Waals surface area contributed by atoms with Crippen molar-refractivity contribution in [1.82, 2.24) is 19.6 Å². The first-order valence-corrected chi connectivity index (χ1v) is 11.6. The van der Waals surface area contributed by atoms with Crippen molar-refractivity contribution in [3.05, 3.63) is 69.6 Å². The number of aryl methyl sites for hydroxylation is 1. The fourth-order valence-electron chi connectivity index (χ4n) is 3.69. The highest BCUT2D eigenvalue weighted by molar-refractivity contribution is 7.97. The molecular weight excluding hydrogens is 481 g/mol. The van der Waals surface area contributed by atoms with Gasteiger partial charge in [0.05, 0.1) is 18.4 Å². The van der Waals surface area contributed by atoms with E-state index in [-0.39, 0.29) is 51.1 Å². The van der Waals surface area contributed by atoms with Gasteiger partial charge in [-0.05, 0) is 18.7 Å². The number of H-pyrrole nitrogens is 1. The predicted molar refractivity (Wildman–Crippen MR) is 128 cm³/mol. The van der Waals surface area contributed by atoms with Crippen molar-refractivity contribution >= 4 is 23.2 Å². The van der Waals surface area contributed by atoms with Gasteiger partial charge >= 0.3 is 6.18 Å². The molecule has 1 aromatic carbocycles. The number of alkyl halides is 3. The lowest BCUT2D eigenvalue weighted by molar-refractivity contribution is -0.140. The number of halogens is 3. The third kappa shape index (κ3) is 4.33. The van der Waals surface area contributed by atoms with Gasteiger partial charge in [-0.3, -0.25) is 9.89 Å². The van der Waals surface area contributed by atoms with Crippen molar-refractivity contribution in [2.45, 2.75) is 18.9 Å². The summed E-state index contributed by atoms with van der Waals surface area (Å²) in [7, 11) is 1.40. The van der Waals surface area contributed by atoms with Gasteiger partial charge < -0.3 is 9.15 Å². The number of aromatic amines is 1. The lowest BCUT2D eigenvalue weighted by atomic mass is 10.1. The van der Waals surface area contributed by atoms with E-state index in [1.54, 1.807) is 31.4 Å². The molecule has 0 fully saturated rings. The third-order valence-electron chi connectivity index (χ3n) is 5.16. The van der Waals surface area contributed by atoms with E-state index in [4.69, 9.17) is 15.6 Å². The zero-order valence-corrected chi connectivity index (χ0v) is 19.7. The number of nitrogens with zero attached hydrogens (tertiary/aromatic N) is 3. The number of methoxy groups -OCH3 is 1. The van der Waals surface area contributed by atoms with Crippen molar-refractivity contribution in [2.75, 3.05) is 13.4 Å². The van der Waals surface area contributed by atoms with Crippen LogP contribution in [-0.4, -0.2) is 32.9 Å². The summed E-state index contributed by atoms with van der Waals surface area (Å²) in [4.78, 5) is 22.4. The Morgan fingerprint density at radius 1 is 1.29 bits per heavy atom. The summed E-state index contributed by atoms with van der Waals surface area (Å²) in [6, 6.07) is 7.97. The van der Waals surface area contributed by atoms with Crippen LogP contribution in [0.15, 0.2) is 45.6 Å². The molecule has 1 N–H and O–H groups in total. The molecule has 180 valence electrons. The monoisotopic (exact) mass is 500 g/mol. The molecule has 4 aromatic rings. The average molecular weight is 501 g/mol. The van der Waals surface area contributed by atoms with Crippen LogP contribution in [0.5, 0.6) is 0 Å². The first-order valence-electron chi connectivity index (χ1n) is 10.2. The molecule has 4 rings (SSSR count). The van der Waals surface area contributed by atoms with Gasteiger partial charge in [0, 0.05) is 11.8 Å². The fourth-order valence-corrected chi connectivity index (χ4v) is 4.17. The van der Waals surface area contributed by atoms with E-state index in [1.165, 1.54) is 37.1 Å². The Bertz CT molecular complexity index is 1530. The second-order valence-corrected chi connectivity index (χ2v) is 8.23. The number of benzene rings is 1. The normalized spacial score (nSPS) is 12.2. The summed E-state index contributed by atoms with van der Waals surface area (Å²) >= 11 is 1.35. The van der Waals surface area contributed by atoms with Crippen LogP contribution >= 0.6 is 11.8 Å². The minimum absolute atomic E-state index is 0.0584. The van der Waals surface area contributed by atoms with Gasteiger partial charge in [-0.1, -0.05) is 36.3 Å². The minimum atomic E-state index is -4.76. The van der Waals surface area contributed by atoms with Crippen LogP contribution < -0.4 is 5.56 Å². The molecule has 0 aliphatic rings. The molecular formula is C24H19F3N4O3S. The Labute approximate surface area is 202 Å². The number of thioether (sulfide) groups is 1. The molecule has 0 saturated heterocycles. The van der Waals surface area contributed by atoms with Crippen LogP contribution in [0.25, 0.3) is 34.0 Å². The van der Waals surface area contributed by atoms with E-state index in [9.17, 15) is 18.0 Å². The standard InChI is InChI=1S/C24H19F3N4O3S/c1-5-9-16(33-3)19-13(2)34-22(29-19)18-15(12-35-4)28-21-17(14-10-7-6-8-11-14)20(24(25,26)27)30-31(21)23(18)32/h1,6-11,30H,12H2,2-4H3/b16-9+. The molecule has 0 amide bonds. The van der Waals surface area contributed by atoms with Crippen LogP contribution in [0.4, 0.5) is 13.2 Å². The number of fused-ring (bicyclic) bond motifs is 1. The van der Waals surface area contributed by atoms with Gasteiger partial charge in [0.15, 0.2) is 11.4 Å². The number of hydrogen-bond donors (Lipinski definition) is 1. The molecule has 0 saturated carbocycles. The third-order valence-corrected chi connectivity index (χ3v) is 5.72. The SMILES string of the molecule is C#C/C=C(/OC)c1nc(-c2c(CSC)nc3c(-c4ccccc4)c(C(F)(F)F)[nH]n3c2=O)oc1C. The molecule has 3 heterocycles. The number of rotatable bonds is 6. The van der Waals surface area contributed by atoms with Gasteiger partial charge in [-0.25, -0.2) is 9.97 Å². The largest absolute Gasteiger partial charge is 0.494 e. The number of nitrogens with one attached hydrogen (secondary N) is 1. The molecule has 0 aliphatic heterocycles. The Hall–Kier alpha value is -3.91. The molecule has 0 aliphatic carbocycles. The number of terminal acetylenes is 1. The highest BCUT2D eigenvalue weighted by Crippen LogP contribution is 2.38. The number of allylic oxidation sites excluding steroid dienone is 1. The second kappa shape index (κ2) is 9.38. The quantitative estimate of drug-likeness (QED) is 0.291. The molecule has 11 heteroatoms. The average Bonchev–Trinajstić information content (AvgIpc) is 3.39.